The molecule has 1 heterocycles. The Hall–Kier alpha value is -2.15. The largest absolute Gasteiger partial charge is 0.447 e. The maximum atomic E-state index is 10.7. The lowest BCUT2D eigenvalue weighted by Crippen LogP contribution is -2.24. The zero-order valence-electron chi connectivity index (χ0n) is 9.23. The summed E-state index contributed by atoms with van der Waals surface area (Å²) in [5.74, 6) is 0. The molecule has 94 valence electrons. The Morgan fingerprint density at radius 2 is 2.28 bits per heavy atom. The molecule has 0 bridgehead atoms. The number of nitrogens with zero attached hydrogens (tertiary/aromatic N) is 4. The maximum absolute atomic E-state index is 10.7. The van der Waals surface area contributed by atoms with Crippen molar-refractivity contribution >= 4 is 17.7 Å². The number of carbonyl (C=O) groups excluding carboxylic acids is 1. The summed E-state index contributed by atoms with van der Waals surface area (Å²) in [6.45, 7) is -0.0184. The van der Waals surface area contributed by atoms with Crippen LogP contribution in [0.5, 0.6) is 0 Å². The number of halogens is 1. The molecule has 0 saturated carbocycles. The molecule has 8 heteroatoms. The van der Waals surface area contributed by atoms with Crippen molar-refractivity contribution in [2.45, 2.75) is 6.04 Å². The molecule has 7 nitrogen and oxygen atoms in total. The Balaban J connectivity index is 2.30. The lowest BCUT2D eigenvalue weighted by Gasteiger charge is -2.16. The van der Waals surface area contributed by atoms with Gasteiger partial charge in [0.25, 0.3) is 0 Å². The molecule has 0 radical (unpaired) electrons. The van der Waals surface area contributed by atoms with Gasteiger partial charge in [-0.25, -0.2) is 4.79 Å². The van der Waals surface area contributed by atoms with Gasteiger partial charge >= 0.3 is 6.09 Å². The third kappa shape index (κ3) is 2.75. The first-order valence-corrected chi connectivity index (χ1v) is 5.45. The Morgan fingerprint density at radius 3 is 2.89 bits per heavy atom. The van der Waals surface area contributed by atoms with Crippen LogP contribution in [0.2, 0.25) is 5.02 Å². The number of aromatic nitrogens is 4. The zero-order chi connectivity index (χ0) is 13.0. The number of carbonyl (C=O) groups is 1. The third-order valence-corrected chi connectivity index (χ3v) is 2.64. The van der Waals surface area contributed by atoms with E-state index < -0.39 is 12.1 Å². The first kappa shape index (κ1) is 12.3. The minimum absolute atomic E-state index is 0.0184. The Morgan fingerprint density at radius 1 is 1.50 bits per heavy atom. The van der Waals surface area contributed by atoms with Crippen molar-refractivity contribution in [1.29, 1.82) is 0 Å². The number of nitrogens with two attached hydrogens (primary N) is 1. The minimum Gasteiger partial charge on any atom is -0.447 e. The van der Waals surface area contributed by atoms with E-state index in [0.29, 0.717) is 5.02 Å². The van der Waals surface area contributed by atoms with Gasteiger partial charge in [-0.3, -0.25) is 0 Å². The summed E-state index contributed by atoms with van der Waals surface area (Å²) < 4.78 is 4.79. The van der Waals surface area contributed by atoms with E-state index in [-0.39, 0.29) is 6.61 Å². The average Bonchev–Trinajstić information content (AvgIpc) is 2.85. The molecule has 0 spiro atoms. The number of benzene rings is 1. The monoisotopic (exact) mass is 267 g/mol. The molecule has 0 aliphatic rings. The van der Waals surface area contributed by atoms with Gasteiger partial charge in [-0.2, -0.15) is 4.80 Å². The van der Waals surface area contributed by atoms with E-state index in [1.54, 1.807) is 18.2 Å². The van der Waals surface area contributed by atoms with E-state index in [1.807, 2.05) is 6.07 Å². The van der Waals surface area contributed by atoms with Crippen molar-refractivity contribution in [3.63, 3.8) is 0 Å². The van der Waals surface area contributed by atoms with E-state index in [4.69, 9.17) is 22.1 Å². The molecular formula is C10H10ClN5O2. The Bertz CT molecular complexity index is 531. The van der Waals surface area contributed by atoms with Gasteiger partial charge in [-0.15, -0.1) is 10.2 Å². The van der Waals surface area contributed by atoms with Gasteiger partial charge in [0, 0.05) is 10.6 Å². The van der Waals surface area contributed by atoms with Crippen LogP contribution in [0, 0.1) is 0 Å². The quantitative estimate of drug-likeness (QED) is 0.892. The molecule has 0 saturated heterocycles. The normalized spacial score (nSPS) is 12.1. The van der Waals surface area contributed by atoms with Gasteiger partial charge in [-0.1, -0.05) is 29.8 Å². The van der Waals surface area contributed by atoms with Crippen molar-refractivity contribution in [3.8, 4) is 0 Å². The summed E-state index contributed by atoms with van der Waals surface area (Å²) in [6.07, 6.45) is 0.417. The van der Waals surface area contributed by atoms with Gasteiger partial charge in [0.15, 0.2) is 6.33 Å². The topological polar surface area (TPSA) is 95.9 Å². The van der Waals surface area contributed by atoms with Crippen LogP contribution in [-0.4, -0.2) is 32.9 Å². The Kier molecular flexibility index (Phi) is 3.73. The smallest absolute Gasteiger partial charge is 0.404 e. The van der Waals surface area contributed by atoms with Gasteiger partial charge in [0.1, 0.15) is 12.6 Å². The number of hydrogen-bond donors (Lipinski definition) is 1. The fourth-order valence-electron chi connectivity index (χ4n) is 1.51. The molecule has 18 heavy (non-hydrogen) atoms. The fraction of sp³-hybridized carbons (Fsp3) is 0.200. The van der Waals surface area contributed by atoms with E-state index in [0.717, 1.165) is 5.56 Å². The zero-order valence-corrected chi connectivity index (χ0v) is 9.99. The molecule has 0 aliphatic carbocycles. The Labute approximate surface area is 107 Å². The first-order valence-electron chi connectivity index (χ1n) is 5.07. The standard InChI is InChI=1S/C10H10ClN5O2/c11-8-4-2-1-3-7(8)9(5-18-10(12)17)16-14-6-13-15-16/h1-4,6,9H,5H2,(H2,12,17)/t9-/m0/s1. The molecular weight excluding hydrogens is 258 g/mol. The van der Waals surface area contributed by atoms with Crippen molar-refractivity contribution in [3.05, 3.63) is 41.2 Å². The van der Waals surface area contributed by atoms with Crippen molar-refractivity contribution in [1.82, 2.24) is 20.2 Å². The highest BCUT2D eigenvalue weighted by Gasteiger charge is 2.20. The fourth-order valence-corrected chi connectivity index (χ4v) is 1.77. The molecule has 1 amide bonds. The van der Waals surface area contributed by atoms with Crippen molar-refractivity contribution < 1.29 is 9.53 Å². The average molecular weight is 268 g/mol. The van der Waals surface area contributed by atoms with Crippen LogP contribution >= 0.6 is 11.6 Å². The summed E-state index contributed by atoms with van der Waals surface area (Å²) >= 11 is 6.09. The van der Waals surface area contributed by atoms with Gasteiger partial charge < -0.3 is 10.5 Å². The van der Waals surface area contributed by atoms with Crippen LogP contribution in [0.1, 0.15) is 11.6 Å². The SMILES string of the molecule is NC(=O)OC[C@@H](c1ccccc1Cl)n1ncnn1. The lowest BCUT2D eigenvalue weighted by atomic mass is 10.1. The van der Waals surface area contributed by atoms with Crippen molar-refractivity contribution in [2.75, 3.05) is 6.61 Å². The molecule has 2 rings (SSSR count). The molecule has 2 N–H and O–H groups in total. The molecule has 0 fully saturated rings. The third-order valence-electron chi connectivity index (χ3n) is 2.29. The second-order valence-electron chi connectivity index (χ2n) is 3.42. The van der Waals surface area contributed by atoms with Gasteiger partial charge in [0.05, 0.1) is 0 Å². The predicted molar refractivity (Wildman–Crippen MR) is 62.9 cm³/mol. The maximum Gasteiger partial charge on any atom is 0.404 e. The summed E-state index contributed by atoms with van der Waals surface area (Å²) in [6, 6.07) is 6.67. The highest BCUT2D eigenvalue weighted by molar-refractivity contribution is 6.31. The highest BCUT2D eigenvalue weighted by Crippen LogP contribution is 2.24. The minimum atomic E-state index is -0.868. The molecule has 0 aliphatic heterocycles. The number of primary amides is 1. The number of rotatable bonds is 4. The summed E-state index contributed by atoms with van der Waals surface area (Å²) in [5, 5.41) is 11.8. The summed E-state index contributed by atoms with van der Waals surface area (Å²) in [5.41, 5.74) is 5.67. The van der Waals surface area contributed by atoms with E-state index >= 15 is 0 Å². The predicted octanol–water partition coefficient (Wildman–Crippen LogP) is 1.01. The summed E-state index contributed by atoms with van der Waals surface area (Å²) in [4.78, 5) is 12.0. The van der Waals surface area contributed by atoms with Crippen LogP contribution < -0.4 is 5.73 Å². The second-order valence-corrected chi connectivity index (χ2v) is 3.83. The molecule has 1 atom stereocenters. The molecule has 1 aromatic heterocycles. The van der Waals surface area contributed by atoms with Gasteiger partial charge in [0.2, 0.25) is 0 Å². The van der Waals surface area contributed by atoms with E-state index in [2.05, 4.69) is 15.4 Å². The number of tetrazole rings is 1. The molecule has 2 aromatic rings. The molecule has 0 unspecified atom stereocenters. The lowest BCUT2D eigenvalue weighted by molar-refractivity contribution is 0.139. The van der Waals surface area contributed by atoms with Crippen LogP contribution in [-0.2, 0) is 4.74 Å². The van der Waals surface area contributed by atoms with Crippen LogP contribution in [0.4, 0.5) is 4.79 Å². The second kappa shape index (κ2) is 5.46. The van der Waals surface area contributed by atoms with E-state index in [1.165, 1.54) is 11.1 Å². The van der Waals surface area contributed by atoms with Crippen molar-refractivity contribution in [2.24, 2.45) is 5.73 Å². The van der Waals surface area contributed by atoms with Gasteiger partial charge in [-0.05, 0) is 11.3 Å². The number of hydrogen-bond acceptors (Lipinski definition) is 5. The highest BCUT2D eigenvalue weighted by atomic mass is 35.5. The van der Waals surface area contributed by atoms with Crippen LogP contribution in [0.3, 0.4) is 0 Å². The van der Waals surface area contributed by atoms with Crippen LogP contribution in [0.15, 0.2) is 30.6 Å². The number of ether oxygens (including phenoxy) is 1. The summed E-state index contributed by atoms with van der Waals surface area (Å²) in [7, 11) is 0. The number of amides is 1. The van der Waals surface area contributed by atoms with Crippen LogP contribution in [0.25, 0.3) is 0 Å². The van der Waals surface area contributed by atoms with E-state index in [9.17, 15) is 4.79 Å². The molecule has 1 aromatic carbocycles. The first-order chi connectivity index (χ1) is 8.68.